The summed E-state index contributed by atoms with van der Waals surface area (Å²) >= 11 is 0. The van der Waals surface area contributed by atoms with Crippen LogP contribution in [0.4, 0.5) is 0 Å². The van der Waals surface area contributed by atoms with Gasteiger partial charge in [0, 0.05) is 19.1 Å². The van der Waals surface area contributed by atoms with E-state index >= 15 is 0 Å². The number of piperidine rings is 1. The van der Waals surface area contributed by atoms with Crippen LogP contribution in [0.1, 0.15) is 36.4 Å². The van der Waals surface area contributed by atoms with E-state index < -0.39 is 0 Å². The molecule has 1 heterocycles. The third-order valence-corrected chi connectivity index (χ3v) is 3.49. The normalized spacial score (nSPS) is 22.2. The summed E-state index contributed by atoms with van der Waals surface area (Å²) in [5.41, 5.74) is 8.48. The van der Waals surface area contributed by atoms with E-state index in [9.17, 15) is 0 Å². The number of benzene rings is 1. The summed E-state index contributed by atoms with van der Waals surface area (Å²) in [4.78, 5) is 2.54. The van der Waals surface area contributed by atoms with Crippen LogP contribution in [0.15, 0.2) is 24.3 Å². The molecular formula is C14H22N2. The average Bonchev–Trinajstić information content (AvgIpc) is 2.32. The fourth-order valence-corrected chi connectivity index (χ4v) is 2.59. The highest BCUT2D eigenvalue weighted by molar-refractivity contribution is 5.24. The third-order valence-electron chi connectivity index (χ3n) is 3.49. The molecule has 2 nitrogen and oxygen atoms in total. The van der Waals surface area contributed by atoms with Crippen LogP contribution in [0.2, 0.25) is 0 Å². The lowest BCUT2D eigenvalue weighted by molar-refractivity contribution is 0.153. The summed E-state index contributed by atoms with van der Waals surface area (Å²) in [6.45, 7) is 5.14. The van der Waals surface area contributed by atoms with Crippen molar-refractivity contribution in [2.45, 2.75) is 32.2 Å². The first-order valence-corrected chi connectivity index (χ1v) is 6.32. The SMILES string of the molecule is Cc1ccc(C2CCCCN2CCN)cc1. The van der Waals surface area contributed by atoms with Gasteiger partial charge in [-0.25, -0.2) is 0 Å². The summed E-state index contributed by atoms with van der Waals surface area (Å²) in [6, 6.07) is 9.57. The molecular weight excluding hydrogens is 196 g/mol. The van der Waals surface area contributed by atoms with Crippen molar-refractivity contribution in [2.75, 3.05) is 19.6 Å². The Hall–Kier alpha value is -0.860. The van der Waals surface area contributed by atoms with Gasteiger partial charge in [-0.3, -0.25) is 4.90 Å². The minimum atomic E-state index is 0.595. The maximum absolute atomic E-state index is 5.68. The van der Waals surface area contributed by atoms with Crippen LogP contribution in [0, 0.1) is 6.92 Å². The predicted molar refractivity (Wildman–Crippen MR) is 68.4 cm³/mol. The van der Waals surface area contributed by atoms with Gasteiger partial charge >= 0.3 is 0 Å². The molecule has 1 aliphatic rings. The van der Waals surface area contributed by atoms with E-state index in [1.807, 2.05) is 0 Å². The van der Waals surface area contributed by atoms with Crippen molar-refractivity contribution in [1.82, 2.24) is 4.90 Å². The Morgan fingerprint density at radius 3 is 2.69 bits per heavy atom. The van der Waals surface area contributed by atoms with Crippen LogP contribution in [0.3, 0.4) is 0 Å². The van der Waals surface area contributed by atoms with Crippen molar-refractivity contribution in [3.63, 3.8) is 0 Å². The van der Waals surface area contributed by atoms with Crippen molar-refractivity contribution >= 4 is 0 Å². The van der Waals surface area contributed by atoms with Gasteiger partial charge in [-0.1, -0.05) is 36.2 Å². The van der Waals surface area contributed by atoms with Gasteiger partial charge in [0.05, 0.1) is 0 Å². The fraction of sp³-hybridized carbons (Fsp3) is 0.571. The molecule has 1 fully saturated rings. The zero-order valence-electron chi connectivity index (χ0n) is 10.2. The number of aryl methyl sites for hydroxylation is 1. The zero-order chi connectivity index (χ0) is 11.4. The Labute approximate surface area is 98.4 Å². The molecule has 1 atom stereocenters. The Balaban J connectivity index is 2.13. The number of likely N-dealkylation sites (tertiary alicyclic amines) is 1. The van der Waals surface area contributed by atoms with Crippen LogP contribution >= 0.6 is 0 Å². The maximum atomic E-state index is 5.68. The molecule has 1 unspecified atom stereocenters. The molecule has 1 aromatic carbocycles. The molecule has 0 spiro atoms. The standard InChI is InChI=1S/C14H22N2/c1-12-5-7-13(8-6-12)14-4-2-3-10-16(14)11-9-15/h5-8,14H,2-4,9-11,15H2,1H3. The number of nitrogens with zero attached hydrogens (tertiary/aromatic N) is 1. The lowest BCUT2D eigenvalue weighted by Crippen LogP contribution is -2.36. The topological polar surface area (TPSA) is 29.3 Å². The van der Waals surface area contributed by atoms with Gasteiger partial charge in [0.25, 0.3) is 0 Å². The lowest BCUT2D eigenvalue weighted by atomic mass is 9.94. The minimum Gasteiger partial charge on any atom is -0.329 e. The van der Waals surface area contributed by atoms with Crippen LogP contribution in [-0.2, 0) is 0 Å². The largest absolute Gasteiger partial charge is 0.329 e. The van der Waals surface area contributed by atoms with Gasteiger partial charge in [0.2, 0.25) is 0 Å². The quantitative estimate of drug-likeness (QED) is 0.844. The monoisotopic (exact) mass is 218 g/mol. The summed E-state index contributed by atoms with van der Waals surface area (Å²) in [6.07, 6.45) is 3.95. The van der Waals surface area contributed by atoms with E-state index in [0.717, 1.165) is 13.1 Å². The molecule has 0 radical (unpaired) electrons. The first kappa shape index (κ1) is 11.6. The molecule has 2 heteroatoms. The maximum Gasteiger partial charge on any atom is 0.0348 e. The highest BCUT2D eigenvalue weighted by atomic mass is 15.2. The molecule has 2 rings (SSSR count). The fourth-order valence-electron chi connectivity index (χ4n) is 2.59. The molecule has 0 amide bonds. The van der Waals surface area contributed by atoms with Crippen LogP contribution in [0.5, 0.6) is 0 Å². The molecule has 1 aromatic rings. The van der Waals surface area contributed by atoms with E-state index in [0.29, 0.717) is 6.04 Å². The van der Waals surface area contributed by atoms with Crippen molar-refractivity contribution < 1.29 is 0 Å². The van der Waals surface area contributed by atoms with Crippen LogP contribution in [0.25, 0.3) is 0 Å². The highest BCUT2D eigenvalue weighted by Crippen LogP contribution is 2.30. The molecule has 16 heavy (non-hydrogen) atoms. The van der Waals surface area contributed by atoms with E-state index in [2.05, 4.69) is 36.1 Å². The van der Waals surface area contributed by atoms with Gasteiger partial charge in [-0.05, 0) is 31.9 Å². The molecule has 0 bridgehead atoms. The molecule has 2 N–H and O–H groups in total. The smallest absolute Gasteiger partial charge is 0.0348 e. The summed E-state index contributed by atoms with van der Waals surface area (Å²) in [5.74, 6) is 0. The second kappa shape index (κ2) is 5.46. The number of rotatable bonds is 3. The molecule has 1 aliphatic heterocycles. The van der Waals surface area contributed by atoms with Gasteiger partial charge in [-0.2, -0.15) is 0 Å². The first-order chi connectivity index (χ1) is 7.81. The number of hydrogen-bond donors (Lipinski definition) is 1. The lowest BCUT2D eigenvalue weighted by Gasteiger charge is -2.35. The molecule has 0 aliphatic carbocycles. The first-order valence-electron chi connectivity index (χ1n) is 6.32. The summed E-state index contributed by atoms with van der Waals surface area (Å²) < 4.78 is 0. The van der Waals surface area contributed by atoms with Crippen molar-refractivity contribution in [1.29, 1.82) is 0 Å². The summed E-state index contributed by atoms with van der Waals surface area (Å²) in [7, 11) is 0. The van der Waals surface area contributed by atoms with Gasteiger partial charge in [0.1, 0.15) is 0 Å². The average molecular weight is 218 g/mol. The number of nitrogens with two attached hydrogens (primary N) is 1. The Bertz CT molecular complexity index is 316. The van der Waals surface area contributed by atoms with Crippen molar-refractivity contribution in [3.05, 3.63) is 35.4 Å². The van der Waals surface area contributed by atoms with E-state index in [1.165, 1.54) is 36.9 Å². The Morgan fingerprint density at radius 1 is 1.25 bits per heavy atom. The molecule has 0 aromatic heterocycles. The van der Waals surface area contributed by atoms with Crippen molar-refractivity contribution in [3.8, 4) is 0 Å². The third kappa shape index (κ3) is 2.63. The van der Waals surface area contributed by atoms with Crippen LogP contribution in [-0.4, -0.2) is 24.5 Å². The van der Waals surface area contributed by atoms with E-state index in [1.54, 1.807) is 0 Å². The minimum absolute atomic E-state index is 0.595. The Kier molecular flexibility index (Phi) is 3.97. The predicted octanol–water partition coefficient (Wildman–Crippen LogP) is 2.48. The molecule has 1 saturated heterocycles. The van der Waals surface area contributed by atoms with Gasteiger partial charge < -0.3 is 5.73 Å². The van der Waals surface area contributed by atoms with Gasteiger partial charge in [0.15, 0.2) is 0 Å². The number of hydrogen-bond acceptors (Lipinski definition) is 2. The van der Waals surface area contributed by atoms with Crippen molar-refractivity contribution in [2.24, 2.45) is 5.73 Å². The highest BCUT2D eigenvalue weighted by Gasteiger charge is 2.22. The van der Waals surface area contributed by atoms with E-state index in [4.69, 9.17) is 5.73 Å². The second-order valence-electron chi connectivity index (χ2n) is 4.75. The van der Waals surface area contributed by atoms with Gasteiger partial charge in [-0.15, -0.1) is 0 Å². The summed E-state index contributed by atoms with van der Waals surface area (Å²) in [5, 5.41) is 0. The Morgan fingerprint density at radius 2 is 2.00 bits per heavy atom. The van der Waals surface area contributed by atoms with Crippen LogP contribution < -0.4 is 5.73 Å². The molecule has 0 saturated carbocycles. The van der Waals surface area contributed by atoms with E-state index in [-0.39, 0.29) is 0 Å². The second-order valence-corrected chi connectivity index (χ2v) is 4.75. The molecule has 88 valence electrons. The zero-order valence-corrected chi connectivity index (χ0v) is 10.2.